The average Bonchev–Trinajstić information content (AvgIpc) is 3.45. The van der Waals surface area contributed by atoms with E-state index in [9.17, 15) is 4.39 Å². The second kappa shape index (κ2) is 5.79. The molecule has 1 atom stereocenters. The van der Waals surface area contributed by atoms with Crippen molar-refractivity contribution in [3.05, 3.63) is 59.8 Å². The van der Waals surface area contributed by atoms with Gasteiger partial charge in [0.1, 0.15) is 23.6 Å². The fraction of sp³-hybridized carbons (Fsp3) is 0.250. The third-order valence-electron chi connectivity index (χ3n) is 5.50. The van der Waals surface area contributed by atoms with Crippen molar-refractivity contribution >= 4 is 5.65 Å². The Morgan fingerprint density at radius 3 is 2.86 bits per heavy atom. The maximum atomic E-state index is 14.6. The van der Waals surface area contributed by atoms with Crippen molar-refractivity contribution in [3.63, 3.8) is 0 Å². The van der Waals surface area contributed by atoms with E-state index in [-0.39, 0.29) is 11.7 Å². The van der Waals surface area contributed by atoms with E-state index in [1.165, 1.54) is 12.5 Å². The van der Waals surface area contributed by atoms with Gasteiger partial charge in [-0.05, 0) is 36.6 Å². The molecule has 3 aromatic heterocycles. The minimum absolute atomic E-state index is 0.00279. The highest BCUT2D eigenvalue weighted by atomic mass is 19.1. The molecule has 0 saturated carbocycles. The minimum Gasteiger partial charge on any atom is -0.493 e. The molecule has 0 N–H and O–H groups in total. The Morgan fingerprint density at radius 2 is 2.00 bits per heavy atom. The molecule has 0 unspecified atom stereocenters. The molecule has 0 bridgehead atoms. The highest BCUT2D eigenvalue weighted by Crippen LogP contribution is 2.41. The van der Waals surface area contributed by atoms with Crippen LogP contribution in [0.25, 0.3) is 17.0 Å². The van der Waals surface area contributed by atoms with Crippen LogP contribution in [0.3, 0.4) is 0 Å². The molecule has 1 aromatic carbocycles. The number of halogens is 1. The normalized spacial score (nSPS) is 17.8. The third-order valence-corrected chi connectivity index (χ3v) is 5.50. The van der Waals surface area contributed by atoms with Crippen LogP contribution in [0.2, 0.25) is 0 Å². The van der Waals surface area contributed by atoms with E-state index in [4.69, 9.17) is 13.9 Å². The molecule has 140 valence electrons. The van der Waals surface area contributed by atoms with Gasteiger partial charge in [0, 0.05) is 5.56 Å². The van der Waals surface area contributed by atoms with Gasteiger partial charge in [0.25, 0.3) is 0 Å². The van der Waals surface area contributed by atoms with Crippen molar-refractivity contribution in [1.29, 1.82) is 0 Å². The summed E-state index contributed by atoms with van der Waals surface area (Å²) >= 11 is 0. The monoisotopic (exact) mass is 378 g/mol. The lowest BCUT2D eigenvalue weighted by atomic mass is 9.93. The van der Waals surface area contributed by atoms with Crippen molar-refractivity contribution < 1.29 is 18.3 Å². The lowest BCUT2D eigenvalue weighted by Gasteiger charge is -2.15. The molecule has 7 nitrogen and oxygen atoms in total. The Morgan fingerprint density at radius 1 is 1.11 bits per heavy atom. The molecule has 6 rings (SSSR count). The quantitative estimate of drug-likeness (QED) is 0.506. The van der Waals surface area contributed by atoms with Gasteiger partial charge in [0.2, 0.25) is 0 Å². The van der Waals surface area contributed by atoms with Crippen LogP contribution >= 0.6 is 0 Å². The third kappa shape index (κ3) is 2.17. The van der Waals surface area contributed by atoms with E-state index >= 15 is 0 Å². The molecule has 0 radical (unpaired) electrons. The molecule has 0 fully saturated rings. The Balaban J connectivity index is 1.53. The zero-order valence-corrected chi connectivity index (χ0v) is 14.8. The van der Waals surface area contributed by atoms with Crippen molar-refractivity contribution in [2.75, 3.05) is 13.2 Å². The maximum Gasteiger partial charge on any atom is 0.181 e. The van der Waals surface area contributed by atoms with E-state index in [0.29, 0.717) is 48.8 Å². The van der Waals surface area contributed by atoms with E-state index in [1.54, 1.807) is 18.6 Å². The smallest absolute Gasteiger partial charge is 0.181 e. The summed E-state index contributed by atoms with van der Waals surface area (Å²) in [5.41, 5.74) is 3.95. The maximum absolute atomic E-state index is 14.6. The first-order chi connectivity index (χ1) is 13.8. The Bertz CT molecular complexity index is 1200. The summed E-state index contributed by atoms with van der Waals surface area (Å²) in [7, 11) is 0. The molecule has 28 heavy (non-hydrogen) atoms. The zero-order valence-electron chi connectivity index (χ0n) is 14.8. The van der Waals surface area contributed by atoms with Gasteiger partial charge >= 0.3 is 0 Å². The predicted molar refractivity (Wildman–Crippen MR) is 96.0 cm³/mol. The number of rotatable bonds is 1. The number of aryl methyl sites for hydroxylation is 1. The van der Waals surface area contributed by atoms with Crippen LogP contribution in [0.4, 0.5) is 4.39 Å². The van der Waals surface area contributed by atoms with Gasteiger partial charge in [-0.15, -0.1) is 10.2 Å². The highest BCUT2D eigenvalue weighted by molar-refractivity contribution is 5.75. The van der Waals surface area contributed by atoms with Crippen LogP contribution in [0.1, 0.15) is 22.7 Å². The Kier molecular flexibility index (Phi) is 3.23. The van der Waals surface area contributed by atoms with Gasteiger partial charge in [0.15, 0.2) is 17.8 Å². The number of fused-ring (bicyclic) bond motifs is 3. The first-order valence-electron chi connectivity index (χ1n) is 9.11. The second-order valence-corrected chi connectivity index (χ2v) is 7.02. The molecule has 2 aliphatic heterocycles. The zero-order chi connectivity index (χ0) is 18.7. The van der Waals surface area contributed by atoms with Crippen LogP contribution in [0.15, 0.2) is 41.5 Å². The number of nitrogens with zero attached hydrogens (tertiary/aromatic N) is 4. The fourth-order valence-electron chi connectivity index (χ4n) is 4.20. The highest BCUT2D eigenvalue weighted by Gasteiger charge is 2.31. The fourth-order valence-corrected chi connectivity index (χ4v) is 4.20. The summed E-state index contributed by atoms with van der Waals surface area (Å²) in [6.45, 7) is 0.894. The van der Waals surface area contributed by atoms with E-state index in [1.807, 2.05) is 10.5 Å². The van der Waals surface area contributed by atoms with Crippen molar-refractivity contribution in [1.82, 2.24) is 19.6 Å². The van der Waals surface area contributed by atoms with E-state index in [2.05, 4.69) is 15.2 Å². The molecular formula is C20H15FN4O3. The van der Waals surface area contributed by atoms with Gasteiger partial charge in [0.05, 0.1) is 36.6 Å². The summed E-state index contributed by atoms with van der Waals surface area (Å²) in [5.74, 6) is 1.85. The molecule has 0 amide bonds. The lowest BCUT2D eigenvalue weighted by Crippen LogP contribution is -2.13. The SMILES string of the molecule is Fc1ccc2c3c1CCc1c(cc(-c4cnco4)c4nncn14)OC[C@H]3CO2. The number of hydrogen-bond donors (Lipinski definition) is 0. The number of ether oxygens (including phenoxy) is 2. The average molecular weight is 378 g/mol. The van der Waals surface area contributed by atoms with Crippen molar-refractivity contribution in [3.8, 4) is 22.8 Å². The second-order valence-electron chi connectivity index (χ2n) is 7.02. The first-order valence-corrected chi connectivity index (χ1v) is 9.11. The molecule has 0 spiro atoms. The van der Waals surface area contributed by atoms with Gasteiger partial charge in [-0.1, -0.05) is 0 Å². The number of oxazole rings is 1. The van der Waals surface area contributed by atoms with Crippen molar-refractivity contribution in [2.24, 2.45) is 0 Å². The van der Waals surface area contributed by atoms with Gasteiger partial charge < -0.3 is 13.9 Å². The topological polar surface area (TPSA) is 74.7 Å². The molecule has 0 saturated heterocycles. The standard InChI is InChI=1S/C20H15FN4O3/c21-14-2-4-16-19-11(7-26-16)8-27-17-5-13(18-6-22-10-28-18)20-24-23-9-25(20)15(17)3-1-12(14)19/h2,4-6,9-11H,1,3,7-8H2/t11-/m1/s1. The van der Waals surface area contributed by atoms with E-state index in [0.717, 1.165) is 22.6 Å². The molecule has 0 aliphatic carbocycles. The number of hydrogen-bond acceptors (Lipinski definition) is 6. The summed E-state index contributed by atoms with van der Waals surface area (Å²) in [6.07, 6.45) is 5.78. The van der Waals surface area contributed by atoms with Crippen LogP contribution in [0, 0.1) is 5.82 Å². The Labute approximate surface area is 158 Å². The molecule has 2 aliphatic rings. The summed E-state index contributed by atoms with van der Waals surface area (Å²) in [6, 6.07) is 5.10. The van der Waals surface area contributed by atoms with Gasteiger partial charge in [-0.2, -0.15) is 0 Å². The number of aromatic nitrogens is 4. The predicted octanol–water partition coefficient (Wildman–Crippen LogP) is 3.18. The van der Waals surface area contributed by atoms with Crippen LogP contribution in [-0.4, -0.2) is 32.8 Å². The summed E-state index contributed by atoms with van der Waals surface area (Å²) in [4.78, 5) is 4.00. The van der Waals surface area contributed by atoms with Gasteiger partial charge in [-0.25, -0.2) is 9.37 Å². The lowest BCUT2D eigenvalue weighted by molar-refractivity contribution is 0.246. The molecular weight excluding hydrogens is 363 g/mol. The van der Waals surface area contributed by atoms with Crippen molar-refractivity contribution in [2.45, 2.75) is 18.8 Å². The summed E-state index contributed by atoms with van der Waals surface area (Å²) < 4.78 is 34.0. The number of pyridine rings is 1. The summed E-state index contributed by atoms with van der Waals surface area (Å²) in [5, 5.41) is 8.30. The number of benzene rings is 1. The minimum atomic E-state index is -0.198. The molecule has 5 heterocycles. The van der Waals surface area contributed by atoms with Crippen LogP contribution in [0.5, 0.6) is 11.5 Å². The van der Waals surface area contributed by atoms with E-state index < -0.39 is 0 Å². The Hall–Kier alpha value is -3.42. The van der Waals surface area contributed by atoms with Crippen LogP contribution < -0.4 is 9.47 Å². The van der Waals surface area contributed by atoms with Gasteiger partial charge in [-0.3, -0.25) is 4.40 Å². The van der Waals surface area contributed by atoms with Crippen LogP contribution in [-0.2, 0) is 12.8 Å². The first kappa shape index (κ1) is 15.6. The molecule has 8 heteroatoms. The largest absolute Gasteiger partial charge is 0.493 e. The molecule has 4 aromatic rings.